The third-order valence-corrected chi connectivity index (χ3v) is 9.25. The molecule has 0 spiro atoms. The highest BCUT2D eigenvalue weighted by Gasteiger charge is 2.27. The van der Waals surface area contributed by atoms with Crippen molar-refractivity contribution in [3.63, 3.8) is 0 Å². The van der Waals surface area contributed by atoms with E-state index in [9.17, 15) is 0 Å². The quantitative estimate of drug-likeness (QED) is 0.0964. The normalized spacial score (nSPS) is 13.9. The minimum Gasteiger partial charge on any atom is -0.494 e. The van der Waals surface area contributed by atoms with Gasteiger partial charge in [-0.1, -0.05) is 35.5 Å². The van der Waals surface area contributed by atoms with Gasteiger partial charge in [0.25, 0.3) is 0 Å². The van der Waals surface area contributed by atoms with Gasteiger partial charge in [0.2, 0.25) is 5.75 Å². The van der Waals surface area contributed by atoms with Gasteiger partial charge in [0.15, 0.2) is 29.1 Å². The predicted molar refractivity (Wildman–Crippen MR) is 189 cm³/mol. The van der Waals surface area contributed by atoms with Gasteiger partial charge in [0, 0.05) is 17.5 Å². The van der Waals surface area contributed by atoms with Crippen LogP contribution in [-0.2, 0) is 4.84 Å². The second-order valence-corrected chi connectivity index (χ2v) is 12.3. The van der Waals surface area contributed by atoms with Gasteiger partial charge in [0.1, 0.15) is 10.8 Å². The van der Waals surface area contributed by atoms with Gasteiger partial charge in [-0.2, -0.15) is 0 Å². The van der Waals surface area contributed by atoms with Gasteiger partial charge < -0.3 is 33.3 Å². The summed E-state index contributed by atoms with van der Waals surface area (Å²) in [6, 6.07) is 26.0. The number of oxime groups is 1. The number of nitrogens with zero attached hydrogens (tertiary/aromatic N) is 2. The number of unbranched alkanes of at least 4 members (excludes halogenated alkanes) is 3. The Labute approximate surface area is 285 Å². The summed E-state index contributed by atoms with van der Waals surface area (Å²) in [6.07, 6.45) is 4.31. The number of para-hydroxylation sites is 1. The smallest absolute Gasteiger partial charge is 0.203 e. The highest BCUT2D eigenvalue weighted by Crippen LogP contribution is 2.41. The Kier molecular flexibility index (Phi) is 10.8. The van der Waals surface area contributed by atoms with Crippen molar-refractivity contribution in [3.05, 3.63) is 90.0 Å². The molecule has 1 unspecified atom stereocenters. The van der Waals surface area contributed by atoms with Crippen molar-refractivity contribution >= 4 is 27.3 Å². The average Bonchev–Trinajstić information content (AvgIpc) is 3.80. The van der Waals surface area contributed by atoms with Gasteiger partial charge in [-0.3, -0.25) is 0 Å². The van der Waals surface area contributed by atoms with Crippen molar-refractivity contribution in [3.8, 4) is 45.1 Å². The van der Waals surface area contributed by atoms with Crippen LogP contribution in [0.3, 0.4) is 0 Å². The molecule has 6 rings (SSSR count). The van der Waals surface area contributed by atoms with E-state index in [0.29, 0.717) is 48.4 Å². The number of rotatable bonds is 16. The highest BCUT2D eigenvalue weighted by atomic mass is 32.1. The zero-order valence-electron chi connectivity index (χ0n) is 27.7. The largest absolute Gasteiger partial charge is 0.494 e. The van der Waals surface area contributed by atoms with E-state index in [1.807, 2.05) is 60.7 Å². The highest BCUT2D eigenvalue weighted by molar-refractivity contribution is 7.21. The second kappa shape index (κ2) is 15.8. The van der Waals surface area contributed by atoms with Gasteiger partial charge in [-0.25, -0.2) is 4.98 Å². The molecule has 10 heteroatoms. The first-order chi connectivity index (χ1) is 23.6. The zero-order chi connectivity index (χ0) is 33.3. The SMILES string of the molecule is COc1ccc(C2CC(c3cc(OC)c(OC)c(OC)c3)=NO2)cc1OCCCCCCOc1cccc(-c2nc3ccccc3s2)c1. The standard InChI is InChI=1S/C38H40N2O7S/c1-41-31-17-16-25(32-24-30(40-47-32)27-22-34(42-2)37(44-4)35(23-27)43-3)21-33(31)46-19-10-6-5-9-18-45-28-13-11-12-26(20-28)38-39-29-14-7-8-15-36(29)48-38/h7-8,11-17,20-23,32H,5-6,9-10,18-19,24H2,1-4H3. The number of aromatic nitrogens is 1. The van der Waals surface area contributed by atoms with Crippen LogP contribution in [0, 0.1) is 0 Å². The molecule has 0 saturated heterocycles. The van der Waals surface area contributed by atoms with Crippen LogP contribution in [0.25, 0.3) is 20.8 Å². The minimum atomic E-state index is -0.255. The number of thiazole rings is 1. The summed E-state index contributed by atoms with van der Waals surface area (Å²) in [4.78, 5) is 10.6. The zero-order valence-corrected chi connectivity index (χ0v) is 28.5. The molecule has 1 aromatic heterocycles. The van der Waals surface area contributed by atoms with Gasteiger partial charge in [-0.05, 0) is 79.8 Å². The molecule has 2 heterocycles. The Morgan fingerprint density at radius 3 is 2.17 bits per heavy atom. The van der Waals surface area contributed by atoms with Crippen LogP contribution >= 0.6 is 11.3 Å². The fourth-order valence-corrected chi connectivity index (χ4v) is 6.59. The van der Waals surface area contributed by atoms with E-state index in [-0.39, 0.29) is 6.10 Å². The van der Waals surface area contributed by atoms with Crippen LogP contribution in [0.15, 0.2) is 84.0 Å². The van der Waals surface area contributed by atoms with E-state index in [2.05, 4.69) is 23.4 Å². The maximum Gasteiger partial charge on any atom is 0.203 e. The first-order valence-electron chi connectivity index (χ1n) is 16.0. The number of methoxy groups -OCH3 is 4. The third kappa shape index (κ3) is 7.60. The number of benzene rings is 4. The van der Waals surface area contributed by atoms with Crippen LogP contribution in [-0.4, -0.2) is 52.3 Å². The van der Waals surface area contributed by atoms with Crippen molar-refractivity contribution in [2.24, 2.45) is 5.16 Å². The molecule has 48 heavy (non-hydrogen) atoms. The van der Waals surface area contributed by atoms with E-state index in [0.717, 1.165) is 64.4 Å². The molecule has 0 radical (unpaired) electrons. The van der Waals surface area contributed by atoms with E-state index < -0.39 is 0 Å². The lowest BCUT2D eigenvalue weighted by atomic mass is 9.99. The molecule has 5 aromatic rings. The predicted octanol–water partition coefficient (Wildman–Crippen LogP) is 8.88. The molecule has 1 aliphatic rings. The molecule has 0 amide bonds. The monoisotopic (exact) mass is 668 g/mol. The number of hydrogen-bond donors (Lipinski definition) is 0. The lowest BCUT2D eigenvalue weighted by molar-refractivity contribution is 0.0854. The molecule has 1 aliphatic heterocycles. The summed E-state index contributed by atoms with van der Waals surface area (Å²) in [5, 5.41) is 5.39. The molecule has 0 fully saturated rings. The van der Waals surface area contributed by atoms with Gasteiger partial charge in [0.05, 0.1) is 57.6 Å². The molecule has 4 aromatic carbocycles. The molecule has 250 valence electrons. The molecular formula is C38H40N2O7S. The Balaban J connectivity index is 0.954. The molecule has 0 saturated carbocycles. The minimum absolute atomic E-state index is 0.255. The number of hydrogen-bond acceptors (Lipinski definition) is 10. The third-order valence-electron chi connectivity index (χ3n) is 8.17. The number of fused-ring (bicyclic) bond motifs is 1. The van der Waals surface area contributed by atoms with Gasteiger partial charge >= 0.3 is 0 Å². The number of ether oxygens (including phenoxy) is 6. The van der Waals surface area contributed by atoms with Crippen LogP contribution in [0.4, 0.5) is 0 Å². The van der Waals surface area contributed by atoms with Crippen molar-refractivity contribution in [2.45, 2.75) is 38.2 Å². The molecule has 0 N–H and O–H groups in total. The maximum absolute atomic E-state index is 6.18. The molecule has 9 nitrogen and oxygen atoms in total. The van der Waals surface area contributed by atoms with E-state index in [1.165, 1.54) is 4.70 Å². The lowest BCUT2D eigenvalue weighted by Crippen LogP contribution is -2.05. The average molecular weight is 669 g/mol. The molecule has 1 atom stereocenters. The Hall–Kier alpha value is -4.96. The fraction of sp³-hybridized carbons (Fsp3) is 0.316. The molecule has 0 aliphatic carbocycles. The van der Waals surface area contributed by atoms with E-state index in [1.54, 1.807) is 39.8 Å². The van der Waals surface area contributed by atoms with Gasteiger partial charge in [-0.15, -0.1) is 11.3 Å². The van der Waals surface area contributed by atoms with E-state index >= 15 is 0 Å². The summed E-state index contributed by atoms with van der Waals surface area (Å²) in [6.45, 7) is 1.26. The topological polar surface area (TPSA) is 89.9 Å². The van der Waals surface area contributed by atoms with Crippen molar-refractivity contribution < 1.29 is 33.3 Å². The molecule has 0 bridgehead atoms. The van der Waals surface area contributed by atoms with Crippen molar-refractivity contribution in [1.29, 1.82) is 0 Å². The van der Waals surface area contributed by atoms with Crippen molar-refractivity contribution in [1.82, 2.24) is 4.98 Å². The Morgan fingerprint density at radius 2 is 1.44 bits per heavy atom. The first kappa shape index (κ1) is 33.0. The lowest BCUT2D eigenvalue weighted by Gasteiger charge is -2.15. The Bertz CT molecular complexity index is 1810. The van der Waals surface area contributed by atoms with Crippen molar-refractivity contribution in [2.75, 3.05) is 41.7 Å². The van der Waals surface area contributed by atoms with Crippen LogP contribution in [0.2, 0.25) is 0 Å². The van der Waals surface area contributed by atoms with Crippen LogP contribution < -0.4 is 28.4 Å². The summed E-state index contributed by atoms with van der Waals surface area (Å²) >= 11 is 1.70. The fourth-order valence-electron chi connectivity index (χ4n) is 5.63. The summed E-state index contributed by atoms with van der Waals surface area (Å²) in [7, 11) is 6.42. The maximum atomic E-state index is 6.18. The summed E-state index contributed by atoms with van der Waals surface area (Å²) < 4.78 is 35.5. The van der Waals surface area contributed by atoms with Crippen LogP contribution in [0.1, 0.15) is 49.3 Å². The van der Waals surface area contributed by atoms with E-state index in [4.69, 9.17) is 38.2 Å². The van der Waals surface area contributed by atoms with Crippen LogP contribution in [0.5, 0.6) is 34.5 Å². The molecular weight excluding hydrogens is 628 g/mol. The summed E-state index contributed by atoms with van der Waals surface area (Å²) in [5.74, 6) is 3.91. The summed E-state index contributed by atoms with van der Waals surface area (Å²) in [5.41, 5.74) is 4.71. The Morgan fingerprint density at radius 1 is 0.688 bits per heavy atom. The first-order valence-corrected chi connectivity index (χ1v) is 16.8. The second-order valence-electron chi connectivity index (χ2n) is 11.3.